The van der Waals surface area contributed by atoms with Crippen molar-refractivity contribution >= 4 is 12.0 Å². The summed E-state index contributed by atoms with van der Waals surface area (Å²) in [7, 11) is 0. The maximum absolute atomic E-state index is 8.27. The van der Waals surface area contributed by atoms with E-state index in [0.29, 0.717) is 6.61 Å². The third-order valence-corrected chi connectivity index (χ3v) is 2.74. The van der Waals surface area contributed by atoms with Gasteiger partial charge in [0.05, 0.1) is 12.0 Å². The summed E-state index contributed by atoms with van der Waals surface area (Å²) < 4.78 is 9.59. The number of ether oxygens (including phenoxy) is 1. The Kier molecular flexibility index (Phi) is 4.44. The van der Waals surface area contributed by atoms with Crippen LogP contribution in [0.4, 0.5) is 0 Å². The molecule has 3 nitrogen and oxygen atoms in total. The average molecular weight is 248 g/mol. The van der Waals surface area contributed by atoms with E-state index in [9.17, 15) is 0 Å². The highest BCUT2D eigenvalue weighted by molar-refractivity contribution is 7.94. The summed E-state index contributed by atoms with van der Waals surface area (Å²) in [4.78, 5) is 0.819. The summed E-state index contributed by atoms with van der Waals surface area (Å²) >= 11 is 0.898. The van der Waals surface area contributed by atoms with Gasteiger partial charge < -0.3 is 4.74 Å². The molecule has 2 rings (SSSR count). The van der Waals surface area contributed by atoms with Crippen LogP contribution < -0.4 is 4.74 Å². The van der Waals surface area contributed by atoms with Crippen molar-refractivity contribution in [2.45, 2.75) is 11.5 Å². The second kappa shape index (κ2) is 6.30. The molecule has 88 valence electrons. The van der Waals surface area contributed by atoms with Gasteiger partial charge in [0, 0.05) is 4.90 Å². The maximum atomic E-state index is 8.27. The van der Waals surface area contributed by atoms with E-state index in [1.807, 2.05) is 54.6 Å². The van der Waals surface area contributed by atoms with Gasteiger partial charge in [-0.15, -0.1) is 0 Å². The molecule has 0 aliphatic heterocycles. The van der Waals surface area contributed by atoms with Crippen LogP contribution in [0.25, 0.3) is 0 Å². The average Bonchev–Trinajstić information content (AvgIpc) is 2.40. The van der Waals surface area contributed by atoms with Crippen molar-refractivity contribution in [1.82, 2.24) is 0 Å². The summed E-state index contributed by atoms with van der Waals surface area (Å²) in [6.45, 7) is 0.545. The number of hydrogen-bond acceptors (Lipinski definition) is 4. The highest BCUT2D eigenvalue weighted by Gasteiger charge is 1.97. The molecule has 0 aromatic heterocycles. The Labute approximate surface area is 104 Å². The summed E-state index contributed by atoms with van der Waals surface area (Å²) in [6.07, 6.45) is 0. The van der Waals surface area contributed by atoms with Crippen LogP contribution in [0, 0.1) is 0 Å². The molecule has 0 unspecified atom stereocenters. The molecule has 0 heterocycles. The van der Waals surface area contributed by atoms with Crippen LogP contribution in [0.3, 0.4) is 0 Å². The van der Waals surface area contributed by atoms with Gasteiger partial charge in [-0.05, 0) is 29.8 Å². The van der Waals surface area contributed by atoms with Crippen molar-refractivity contribution in [2.24, 2.45) is 0 Å². The Morgan fingerprint density at radius 1 is 0.941 bits per heavy atom. The Balaban J connectivity index is 1.91. The minimum atomic E-state index is 0.545. The molecule has 1 N–H and O–H groups in total. The van der Waals surface area contributed by atoms with Crippen LogP contribution >= 0.6 is 12.0 Å². The molecule has 0 aliphatic carbocycles. The Bertz CT molecular complexity index is 442. The van der Waals surface area contributed by atoms with E-state index in [2.05, 4.69) is 4.33 Å². The molecule has 0 aliphatic rings. The third-order valence-electron chi connectivity index (χ3n) is 2.21. The van der Waals surface area contributed by atoms with E-state index in [0.717, 1.165) is 28.3 Å². The van der Waals surface area contributed by atoms with E-state index in [-0.39, 0.29) is 0 Å². The first-order valence-corrected chi connectivity index (χ1v) is 5.87. The predicted octanol–water partition coefficient (Wildman–Crippen LogP) is 3.76. The van der Waals surface area contributed by atoms with Crippen molar-refractivity contribution in [2.75, 3.05) is 0 Å². The van der Waals surface area contributed by atoms with Gasteiger partial charge in [0.15, 0.2) is 0 Å². The lowest BCUT2D eigenvalue weighted by Gasteiger charge is -2.06. The lowest BCUT2D eigenvalue weighted by molar-refractivity contribution is -0.116. The maximum Gasteiger partial charge on any atom is 0.119 e. The zero-order valence-corrected chi connectivity index (χ0v) is 9.89. The van der Waals surface area contributed by atoms with Crippen LogP contribution in [0.15, 0.2) is 59.5 Å². The van der Waals surface area contributed by atoms with E-state index < -0.39 is 0 Å². The number of benzene rings is 2. The van der Waals surface area contributed by atoms with Gasteiger partial charge in [-0.1, -0.05) is 30.3 Å². The normalized spacial score (nSPS) is 10.2. The van der Waals surface area contributed by atoms with Crippen LogP contribution in [-0.2, 0) is 10.9 Å². The zero-order chi connectivity index (χ0) is 11.9. The van der Waals surface area contributed by atoms with Crippen molar-refractivity contribution in [3.63, 3.8) is 0 Å². The van der Waals surface area contributed by atoms with Crippen molar-refractivity contribution in [1.29, 1.82) is 0 Å². The summed E-state index contributed by atoms with van der Waals surface area (Å²) in [5.74, 6) is 0.788. The van der Waals surface area contributed by atoms with E-state index >= 15 is 0 Å². The van der Waals surface area contributed by atoms with Gasteiger partial charge in [0.2, 0.25) is 0 Å². The topological polar surface area (TPSA) is 38.7 Å². The highest BCUT2D eigenvalue weighted by atomic mass is 32.2. The molecule has 0 saturated carbocycles. The van der Waals surface area contributed by atoms with Gasteiger partial charge >= 0.3 is 0 Å². The fourth-order valence-electron chi connectivity index (χ4n) is 1.38. The molecule has 0 bridgehead atoms. The molecule has 0 radical (unpaired) electrons. The Hall–Kier alpha value is -1.49. The van der Waals surface area contributed by atoms with Crippen molar-refractivity contribution < 1.29 is 14.3 Å². The highest BCUT2D eigenvalue weighted by Crippen LogP contribution is 2.21. The SMILES string of the molecule is OOSc1ccc(OCc2ccccc2)cc1. The molecule has 17 heavy (non-hydrogen) atoms. The Morgan fingerprint density at radius 3 is 2.29 bits per heavy atom. The van der Waals surface area contributed by atoms with Crippen LogP contribution in [0.5, 0.6) is 5.75 Å². The van der Waals surface area contributed by atoms with Crippen molar-refractivity contribution in [3.05, 3.63) is 60.2 Å². The van der Waals surface area contributed by atoms with Gasteiger partial charge in [-0.3, -0.25) is 0 Å². The van der Waals surface area contributed by atoms with E-state index in [1.54, 1.807) is 0 Å². The minimum Gasteiger partial charge on any atom is -0.489 e. The first kappa shape index (κ1) is 12.0. The molecule has 2 aromatic rings. The first-order valence-electron chi connectivity index (χ1n) is 5.13. The van der Waals surface area contributed by atoms with Gasteiger partial charge in [-0.2, -0.15) is 4.33 Å². The summed E-state index contributed by atoms with van der Waals surface area (Å²) in [5.41, 5.74) is 1.13. The summed E-state index contributed by atoms with van der Waals surface area (Å²) in [6, 6.07) is 17.3. The summed E-state index contributed by atoms with van der Waals surface area (Å²) in [5, 5.41) is 8.27. The quantitative estimate of drug-likeness (QED) is 0.496. The minimum absolute atomic E-state index is 0.545. The molecule has 0 atom stereocenters. The third kappa shape index (κ3) is 3.78. The van der Waals surface area contributed by atoms with E-state index in [4.69, 9.17) is 9.99 Å². The molecular weight excluding hydrogens is 236 g/mol. The van der Waals surface area contributed by atoms with Crippen LogP contribution in [0.2, 0.25) is 0 Å². The zero-order valence-electron chi connectivity index (χ0n) is 9.08. The lowest BCUT2D eigenvalue weighted by Crippen LogP contribution is -1.94. The lowest BCUT2D eigenvalue weighted by atomic mass is 10.2. The molecule has 0 saturated heterocycles. The smallest absolute Gasteiger partial charge is 0.119 e. The van der Waals surface area contributed by atoms with Gasteiger partial charge in [0.25, 0.3) is 0 Å². The molecule has 0 amide bonds. The fourth-order valence-corrected chi connectivity index (χ4v) is 1.71. The number of hydrogen-bond donors (Lipinski definition) is 1. The second-order valence-corrected chi connectivity index (χ2v) is 4.19. The predicted molar refractivity (Wildman–Crippen MR) is 66.8 cm³/mol. The Morgan fingerprint density at radius 2 is 1.65 bits per heavy atom. The fraction of sp³-hybridized carbons (Fsp3) is 0.0769. The van der Waals surface area contributed by atoms with E-state index in [1.165, 1.54) is 0 Å². The monoisotopic (exact) mass is 248 g/mol. The molecular formula is C13H12O3S. The van der Waals surface area contributed by atoms with Gasteiger partial charge in [-0.25, -0.2) is 5.26 Å². The second-order valence-electron chi connectivity index (χ2n) is 3.40. The van der Waals surface area contributed by atoms with Crippen molar-refractivity contribution in [3.8, 4) is 5.75 Å². The molecule has 0 fully saturated rings. The first-order chi connectivity index (χ1) is 8.38. The molecule has 4 heteroatoms. The molecule has 2 aromatic carbocycles. The van der Waals surface area contributed by atoms with Crippen LogP contribution in [-0.4, -0.2) is 5.26 Å². The largest absolute Gasteiger partial charge is 0.489 e. The molecule has 0 spiro atoms. The number of rotatable bonds is 5. The standard InChI is InChI=1S/C13H12O3S/c14-16-17-13-8-6-12(7-9-13)15-10-11-4-2-1-3-5-11/h1-9,14H,10H2. The van der Waals surface area contributed by atoms with Gasteiger partial charge in [0.1, 0.15) is 12.4 Å². The van der Waals surface area contributed by atoms with Crippen LogP contribution in [0.1, 0.15) is 5.56 Å².